The third-order valence-electron chi connectivity index (χ3n) is 7.51. The molecule has 0 unspecified atom stereocenters. The molecule has 0 radical (unpaired) electrons. The number of fused-ring (bicyclic) bond motifs is 1. The van der Waals surface area contributed by atoms with E-state index in [4.69, 9.17) is 10.7 Å². The first kappa shape index (κ1) is 27.9. The number of aromatic amines is 1. The van der Waals surface area contributed by atoms with Crippen molar-refractivity contribution in [2.24, 2.45) is 5.92 Å². The van der Waals surface area contributed by atoms with E-state index in [0.29, 0.717) is 6.42 Å². The molecule has 0 atom stereocenters. The third-order valence-corrected chi connectivity index (χ3v) is 7.51. The van der Waals surface area contributed by atoms with Crippen LogP contribution < -0.4 is 11.1 Å². The van der Waals surface area contributed by atoms with Crippen LogP contribution in [0.15, 0.2) is 79.2 Å². The molecule has 0 saturated heterocycles. The third kappa shape index (κ3) is 6.85. The van der Waals surface area contributed by atoms with E-state index in [1.54, 1.807) is 0 Å². The monoisotopic (exact) mass is 517 g/mol. The fourth-order valence-electron chi connectivity index (χ4n) is 5.41. The molecule has 4 N–H and O–H groups in total. The molecule has 2 aliphatic carbocycles. The Morgan fingerprint density at radius 1 is 1.23 bits per heavy atom. The topological polar surface area (TPSA) is 79.6 Å². The van der Waals surface area contributed by atoms with Crippen molar-refractivity contribution in [3.05, 3.63) is 102 Å². The maximum Gasteiger partial charge on any atom is 0.111 e. The number of hydrogen-bond donors (Lipinski definition) is 3. The number of terminal acetylenes is 1. The van der Waals surface area contributed by atoms with Gasteiger partial charge in [-0.25, -0.2) is 4.98 Å². The molecule has 5 nitrogen and oxygen atoms in total. The van der Waals surface area contributed by atoms with Gasteiger partial charge in [-0.05, 0) is 78.6 Å². The number of anilines is 1. The van der Waals surface area contributed by atoms with Gasteiger partial charge in [0, 0.05) is 30.4 Å². The van der Waals surface area contributed by atoms with E-state index in [1.807, 2.05) is 24.5 Å². The van der Waals surface area contributed by atoms with Crippen molar-refractivity contribution in [2.75, 3.05) is 18.8 Å². The standard InChI is InChI=1S/C32H37N5.C2H2/c1-3-22(18-34-19-23-9-5-6-10-23)15-24(4-2)26-13-14-29(33)27(16-26)17-31-36-30-21-35-20-28(32(30)37-31)25-11-7-8-12-25;1-2/h3-4,7,11-16,20-21,23,34H,1,5-6,8-10,17-19,33H2,2H3,(H,36,37);1-2H/b22-15+,24-4+;. The average Bonchev–Trinajstić information content (AvgIpc) is 3.75. The van der Waals surface area contributed by atoms with Crippen LogP contribution in [0.1, 0.15) is 61.5 Å². The minimum atomic E-state index is 0.626. The fourth-order valence-corrected chi connectivity index (χ4v) is 5.41. The molecule has 1 aromatic carbocycles. The van der Waals surface area contributed by atoms with Gasteiger partial charge in [-0.15, -0.1) is 12.8 Å². The number of H-pyrrole nitrogens is 1. The molecule has 200 valence electrons. The maximum atomic E-state index is 6.42. The molecular formula is C34H39N5. The summed E-state index contributed by atoms with van der Waals surface area (Å²) in [6.07, 6.45) is 31.6. The molecule has 2 heterocycles. The highest BCUT2D eigenvalue weighted by Gasteiger charge is 2.15. The summed E-state index contributed by atoms with van der Waals surface area (Å²) in [6.45, 7) is 8.05. The SMILES string of the molecule is C#C.C=C/C(=C\C(=C/C)c1ccc(N)c(Cc2nc3c(C4=CCC=C4)cncc3[nH]2)c1)CNCC1CCCC1. The number of aromatic nitrogens is 3. The lowest BCUT2D eigenvalue weighted by molar-refractivity contribution is 0.503. The number of nitrogens with two attached hydrogens (primary N) is 1. The Morgan fingerprint density at radius 3 is 2.77 bits per heavy atom. The minimum absolute atomic E-state index is 0.626. The fraction of sp³-hybridized carbons (Fsp3) is 0.294. The summed E-state index contributed by atoms with van der Waals surface area (Å²) < 4.78 is 0. The summed E-state index contributed by atoms with van der Waals surface area (Å²) in [4.78, 5) is 12.8. The average molecular weight is 518 g/mol. The number of benzene rings is 1. The van der Waals surface area contributed by atoms with Gasteiger partial charge in [-0.1, -0.05) is 61.9 Å². The smallest absolute Gasteiger partial charge is 0.111 e. The van der Waals surface area contributed by atoms with Crippen LogP contribution in [0.3, 0.4) is 0 Å². The molecule has 0 amide bonds. The highest BCUT2D eigenvalue weighted by molar-refractivity contribution is 5.92. The Labute approximate surface area is 232 Å². The first-order chi connectivity index (χ1) is 19.1. The molecule has 0 bridgehead atoms. The van der Waals surface area contributed by atoms with Crippen LogP contribution in [0.25, 0.3) is 22.2 Å². The Morgan fingerprint density at radius 2 is 2.05 bits per heavy atom. The van der Waals surface area contributed by atoms with Gasteiger partial charge < -0.3 is 16.0 Å². The van der Waals surface area contributed by atoms with Gasteiger partial charge in [-0.2, -0.15) is 0 Å². The van der Waals surface area contributed by atoms with Crippen LogP contribution in [0.5, 0.6) is 0 Å². The second-order valence-electron chi connectivity index (χ2n) is 10.1. The van der Waals surface area contributed by atoms with Crippen LogP contribution in [0.2, 0.25) is 0 Å². The predicted molar refractivity (Wildman–Crippen MR) is 166 cm³/mol. The summed E-state index contributed by atoms with van der Waals surface area (Å²) in [5, 5.41) is 3.64. The summed E-state index contributed by atoms with van der Waals surface area (Å²) in [5.74, 6) is 1.71. The summed E-state index contributed by atoms with van der Waals surface area (Å²) in [7, 11) is 0. The highest BCUT2D eigenvalue weighted by atomic mass is 14.9. The van der Waals surface area contributed by atoms with Crippen LogP contribution in [0.4, 0.5) is 5.69 Å². The molecule has 0 spiro atoms. The first-order valence-corrected chi connectivity index (χ1v) is 13.8. The summed E-state index contributed by atoms with van der Waals surface area (Å²) in [5.41, 5.74) is 15.9. The van der Waals surface area contributed by atoms with Gasteiger partial charge >= 0.3 is 0 Å². The predicted octanol–water partition coefficient (Wildman–Crippen LogP) is 7.02. The molecule has 0 aliphatic heterocycles. The number of rotatable bonds is 10. The van der Waals surface area contributed by atoms with E-state index in [2.05, 4.69) is 84.1 Å². The lowest BCUT2D eigenvalue weighted by atomic mass is 9.98. The lowest BCUT2D eigenvalue weighted by Gasteiger charge is -2.13. The number of pyridine rings is 1. The zero-order valence-electron chi connectivity index (χ0n) is 22.9. The van der Waals surface area contributed by atoms with Crippen molar-refractivity contribution in [3.8, 4) is 12.8 Å². The zero-order valence-corrected chi connectivity index (χ0v) is 22.9. The quantitative estimate of drug-likeness (QED) is 0.153. The van der Waals surface area contributed by atoms with E-state index in [0.717, 1.165) is 70.2 Å². The number of allylic oxidation sites excluding steroid dienone is 7. The molecule has 1 fully saturated rings. The Hall–Kier alpha value is -4.14. The van der Waals surface area contributed by atoms with E-state index < -0.39 is 0 Å². The maximum absolute atomic E-state index is 6.42. The highest BCUT2D eigenvalue weighted by Crippen LogP contribution is 2.29. The molecular weight excluding hydrogens is 478 g/mol. The second-order valence-corrected chi connectivity index (χ2v) is 10.1. The molecule has 2 aliphatic rings. The van der Waals surface area contributed by atoms with E-state index in [-0.39, 0.29) is 0 Å². The Kier molecular flexibility index (Phi) is 9.72. The van der Waals surface area contributed by atoms with Gasteiger partial charge in [0.1, 0.15) is 5.82 Å². The summed E-state index contributed by atoms with van der Waals surface area (Å²) >= 11 is 0. The lowest BCUT2D eigenvalue weighted by Crippen LogP contribution is -2.23. The number of nitrogens with one attached hydrogen (secondary N) is 2. The van der Waals surface area contributed by atoms with E-state index in [1.165, 1.54) is 36.8 Å². The summed E-state index contributed by atoms with van der Waals surface area (Å²) in [6, 6.07) is 6.27. The van der Waals surface area contributed by atoms with Crippen molar-refractivity contribution in [3.63, 3.8) is 0 Å². The number of nitrogens with zero attached hydrogens (tertiary/aromatic N) is 2. The van der Waals surface area contributed by atoms with Crippen molar-refractivity contribution < 1.29 is 0 Å². The number of imidazole rings is 1. The zero-order chi connectivity index (χ0) is 27.6. The molecule has 39 heavy (non-hydrogen) atoms. The molecule has 2 aromatic heterocycles. The van der Waals surface area contributed by atoms with E-state index >= 15 is 0 Å². The molecule has 3 aromatic rings. The van der Waals surface area contributed by atoms with Gasteiger partial charge in [0.25, 0.3) is 0 Å². The molecule has 5 heteroatoms. The van der Waals surface area contributed by atoms with Gasteiger partial charge in [-0.3, -0.25) is 4.98 Å². The number of nitrogen functional groups attached to an aromatic ring is 1. The molecule has 5 rings (SSSR count). The minimum Gasteiger partial charge on any atom is -0.398 e. The number of hydrogen-bond acceptors (Lipinski definition) is 4. The normalized spacial score (nSPS) is 15.8. The van der Waals surface area contributed by atoms with Crippen molar-refractivity contribution in [2.45, 2.75) is 45.4 Å². The van der Waals surface area contributed by atoms with Gasteiger partial charge in [0.05, 0.1) is 17.2 Å². The van der Waals surface area contributed by atoms with Crippen LogP contribution >= 0.6 is 0 Å². The van der Waals surface area contributed by atoms with E-state index in [9.17, 15) is 0 Å². The van der Waals surface area contributed by atoms with Crippen molar-refractivity contribution in [1.29, 1.82) is 0 Å². The molecule has 1 saturated carbocycles. The second kappa shape index (κ2) is 13.6. The first-order valence-electron chi connectivity index (χ1n) is 13.8. The van der Waals surface area contributed by atoms with Gasteiger partial charge in [0.15, 0.2) is 0 Å². The van der Waals surface area contributed by atoms with Crippen LogP contribution in [-0.4, -0.2) is 28.0 Å². The van der Waals surface area contributed by atoms with Crippen LogP contribution in [0, 0.1) is 18.8 Å². The van der Waals surface area contributed by atoms with Crippen LogP contribution in [-0.2, 0) is 6.42 Å². The Balaban J connectivity index is 0.00000172. The largest absolute Gasteiger partial charge is 0.398 e. The van der Waals surface area contributed by atoms with Gasteiger partial charge in [0.2, 0.25) is 0 Å². The Bertz CT molecular complexity index is 1440. The van der Waals surface area contributed by atoms with Crippen molar-refractivity contribution >= 4 is 27.9 Å². The van der Waals surface area contributed by atoms with Crippen molar-refractivity contribution in [1.82, 2.24) is 20.3 Å².